The molecule has 0 aromatic heterocycles. The number of fused-ring (bicyclic) bond motifs is 1. The lowest BCUT2D eigenvalue weighted by Crippen LogP contribution is -2.46. The molecule has 0 saturated carbocycles. The number of aliphatic imine (C=N–C) groups is 1. The van der Waals surface area contributed by atoms with Crippen LogP contribution in [0.3, 0.4) is 0 Å². The molecule has 3 heteroatoms. The van der Waals surface area contributed by atoms with Gasteiger partial charge in [-0.25, -0.2) is 4.99 Å². The van der Waals surface area contributed by atoms with Crippen molar-refractivity contribution in [1.82, 2.24) is 0 Å². The van der Waals surface area contributed by atoms with Crippen LogP contribution < -0.4 is 0 Å². The molecule has 1 aliphatic rings. The molecule has 0 radical (unpaired) electrons. The molecule has 3 aromatic carbocycles. The number of rotatable bonds is 3. The Morgan fingerprint density at radius 1 is 0.731 bits per heavy atom. The first-order valence-corrected chi connectivity index (χ1v) is 8.68. The summed E-state index contributed by atoms with van der Waals surface area (Å²) in [7, 11) is 3.43. The van der Waals surface area contributed by atoms with Gasteiger partial charge >= 0.3 is 0 Å². The summed E-state index contributed by atoms with van der Waals surface area (Å²) in [4.78, 5) is 4.88. The number of nitrogens with zero attached hydrogens (tertiary/aromatic N) is 1. The number of ether oxygens (including phenoxy) is 2. The third-order valence-electron chi connectivity index (χ3n) is 5.06. The van der Waals surface area contributed by atoms with E-state index in [1.54, 1.807) is 14.2 Å². The molecule has 1 aliphatic heterocycles. The van der Waals surface area contributed by atoms with Gasteiger partial charge in [-0.2, -0.15) is 0 Å². The highest BCUT2D eigenvalue weighted by Crippen LogP contribution is 2.51. The Labute approximate surface area is 153 Å². The molecule has 0 fully saturated rings. The van der Waals surface area contributed by atoms with E-state index in [1.165, 1.54) is 0 Å². The van der Waals surface area contributed by atoms with Gasteiger partial charge in [0.1, 0.15) is 11.5 Å². The fourth-order valence-electron chi connectivity index (χ4n) is 3.98. The van der Waals surface area contributed by atoms with Gasteiger partial charge in [0.25, 0.3) is 0 Å². The van der Waals surface area contributed by atoms with E-state index < -0.39 is 5.41 Å². The lowest BCUT2D eigenvalue weighted by Gasteiger charge is -2.43. The minimum Gasteiger partial charge on any atom is -0.483 e. The van der Waals surface area contributed by atoms with Crippen LogP contribution in [-0.2, 0) is 14.9 Å². The average Bonchev–Trinajstić information content (AvgIpc) is 2.73. The summed E-state index contributed by atoms with van der Waals surface area (Å²) in [6, 6.07) is 28.8. The van der Waals surface area contributed by atoms with Crippen LogP contribution >= 0.6 is 0 Å². The van der Waals surface area contributed by atoms with E-state index in [0.29, 0.717) is 5.90 Å². The molecule has 0 aliphatic carbocycles. The van der Waals surface area contributed by atoms with E-state index in [4.69, 9.17) is 14.5 Å². The highest BCUT2D eigenvalue weighted by molar-refractivity contribution is 5.97. The Morgan fingerprint density at radius 2 is 1.27 bits per heavy atom. The van der Waals surface area contributed by atoms with Crippen molar-refractivity contribution >= 4 is 11.6 Å². The maximum absolute atomic E-state index is 6.11. The van der Waals surface area contributed by atoms with Crippen molar-refractivity contribution in [3.05, 3.63) is 102 Å². The van der Waals surface area contributed by atoms with E-state index in [9.17, 15) is 0 Å². The molecular weight excluding hydrogens is 322 g/mol. The van der Waals surface area contributed by atoms with Crippen LogP contribution in [0.5, 0.6) is 0 Å². The van der Waals surface area contributed by atoms with Gasteiger partial charge in [-0.1, -0.05) is 78.9 Å². The van der Waals surface area contributed by atoms with Crippen LogP contribution in [0.15, 0.2) is 89.9 Å². The molecule has 4 rings (SSSR count). The topological polar surface area (TPSA) is 30.8 Å². The smallest absolute Gasteiger partial charge is 0.206 e. The van der Waals surface area contributed by atoms with Crippen molar-refractivity contribution in [3.8, 4) is 0 Å². The zero-order valence-electron chi connectivity index (χ0n) is 14.9. The monoisotopic (exact) mass is 343 g/mol. The Morgan fingerprint density at radius 3 is 1.81 bits per heavy atom. The minimum absolute atomic E-state index is 0.254. The van der Waals surface area contributed by atoms with Crippen LogP contribution in [0.4, 0.5) is 5.69 Å². The maximum atomic E-state index is 6.11. The van der Waals surface area contributed by atoms with E-state index in [2.05, 4.69) is 30.3 Å². The molecule has 0 N–H and O–H groups in total. The van der Waals surface area contributed by atoms with Crippen molar-refractivity contribution in [2.24, 2.45) is 4.99 Å². The van der Waals surface area contributed by atoms with E-state index >= 15 is 0 Å². The molecular formula is C23H21NO2. The minimum atomic E-state index is -0.652. The van der Waals surface area contributed by atoms with E-state index in [-0.39, 0.29) is 6.10 Å². The van der Waals surface area contributed by atoms with E-state index in [1.807, 2.05) is 54.6 Å². The van der Waals surface area contributed by atoms with Gasteiger partial charge in [0.15, 0.2) is 0 Å². The molecule has 3 nitrogen and oxygen atoms in total. The average molecular weight is 343 g/mol. The molecule has 0 saturated heterocycles. The summed E-state index contributed by atoms with van der Waals surface area (Å²) in [5.74, 6) is 0.639. The van der Waals surface area contributed by atoms with Gasteiger partial charge in [-0.3, -0.25) is 0 Å². The number of hydrogen-bond acceptors (Lipinski definition) is 3. The third kappa shape index (κ3) is 2.36. The molecule has 1 atom stereocenters. The van der Waals surface area contributed by atoms with Crippen molar-refractivity contribution < 1.29 is 9.47 Å². The summed E-state index contributed by atoms with van der Waals surface area (Å²) < 4.78 is 12.0. The van der Waals surface area contributed by atoms with Gasteiger partial charge < -0.3 is 9.47 Å². The van der Waals surface area contributed by atoms with Crippen LogP contribution in [-0.4, -0.2) is 20.1 Å². The normalized spacial score (nSPS) is 17.9. The van der Waals surface area contributed by atoms with E-state index in [0.717, 1.165) is 22.4 Å². The van der Waals surface area contributed by atoms with Gasteiger partial charge in [0.05, 0.1) is 12.8 Å². The van der Waals surface area contributed by atoms with Gasteiger partial charge in [0, 0.05) is 12.7 Å². The van der Waals surface area contributed by atoms with Crippen LogP contribution in [0.25, 0.3) is 0 Å². The first-order chi connectivity index (χ1) is 12.8. The standard InChI is InChI=1S/C23H21NO2/c1-25-21-19-15-9-10-16-20(19)24-22(26-2)23(21,17-11-5-3-6-12-17)18-13-7-4-8-14-18/h3-16,21H,1-2H3. The fourth-order valence-corrected chi connectivity index (χ4v) is 3.98. The fraction of sp³-hybridized carbons (Fsp3) is 0.174. The second-order valence-electron chi connectivity index (χ2n) is 6.34. The second kappa shape index (κ2) is 6.77. The Hall–Kier alpha value is -2.91. The summed E-state index contributed by atoms with van der Waals surface area (Å²) in [5, 5.41) is 0. The summed E-state index contributed by atoms with van der Waals surface area (Å²) in [6.45, 7) is 0. The number of hydrogen-bond donors (Lipinski definition) is 0. The quantitative estimate of drug-likeness (QED) is 0.666. The van der Waals surface area contributed by atoms with Gasteiger partial charge in [-0.15, -0.1) is 0 Å². The SMILES string of the molecule is COC1=Nc2ccccc2C(OC)C1(c1ccccc1)c1ccccc1. The molecule has 0 amide bonds. The molecule has 26 heavy (non-hydrogen) atoms. The molecule has 1 heterocycles. The molecule has 3 aromatic rings. The first-order valence-electron chi connectivity index (χ1n) is 8.68. The zero-order valence-corrected chi connectivity index (χ0v) is 14.9. The van der Waals surface area contributed by atoms with Gasteiger partial charge in [-0.05, 0) is 17.2 Å². The molecule has 0 bridgehead atoms. The maximum Gasteiger partial charge on any atom is 0.206 e. The Bertz CT molecular complexity index is 880. The summed E-state index contributed by atoms with van der Waals surface area (Å²) >= 11 is 0. The predicted molar refractivity (Wildman–Crippen MR) is 104 cm³/mol. The van der Waals surface area contributed by atoms with Crippen molar-refractivity contribution in [1.29, 1.82) is 0 Å². The van der Waals surface area contributed by atoms with Gasteiger partial charge in [0.2, 0.25) is 5.90 Å². The van der Waals surface area contributed by atoms with Crippen molar-refractivity contribution in [2.45, 2.75) is 11.5 Å². The van der Waals surface area contributed by atoms with Crippen LogP contribution in [0, 0.1) is 0 Å². The molecule has 1 unspecified atom stereocenters. The largest absolute Gasteiger partial charge is 0.483 e. The molecule has 130 valence electrons. The zero-order chi connectivity index (χ0) is 18.0. The summed E-state index contributed by atoms with van der Waals surface area (Å²) in [6.07, 6.45) is -0.254. The summed E-state index contributed by atoms with van der Waals surface area (Å²) in [5.41, 5.74) is 3.48. The molecule has 0 spiro atoms. The van der Waals surface area contributed by atoms with Crippen LogP contribution in [0.1, 0.15) is 22.8 Å². The van der Waals surface area contributed by atoms with Crippen molar-refractivity contribution in [2.75, 3.05) is 14.2 Å². The lowest BCUT2D eigenvalue weighted by atomic mass is 9.66. The van der Waals surface area contributed by atoms with Crippen molar-refractivity contribution in [3.63, 3.8) is 0 Å². The number of para-hydroxylation sites is 1. The highest BCUT2D eigenvalue weighted by atomic mass is 16.5. The number of benzene rings is 3. The van der Waals surface area contributed by atoms with Crippen LogP contribution in [0.2, 0.25) is 0 Å². The predicted octanol–water partition coefficient (Wildman–Crippen LogP) is 5.05. The Balaban J connectivity index is 2.10. The number of methoxy groups -OCH3 is 2. The highest BCUT2D eigenvalue weighted by Gasteiger charge is 2.52. The first kappa shape index (κ1) is 16.6. The Kier molecular flexibility index (Phi) is 4.31. The second-order valence-corrected chi connectivity index (χ2v) is 6.34. The lowest BCUT2D eigenvalue weighted by molar-refractivity contribution is 0.0613. The third-order valence-corrected chi connectivity index (χ3v) is 5.06.